The van der Waals surface area contributed by atoms with Crippen LogP contribution in [0.4, 0.5) is 0 Å². The van der Waals surface area contributed by atoms with Gasteiger partial charge < -0.3 is 4.74 Å². The van der Waals surface area contributed by atoms with Crippen LogP contribution >= 0.6 is 23.2 Å². The molecule has 0 aliphatic rings. The first-order valence-electron chi connectivity index (χ1n) is 6.41. The maximum atomic E-state index is 12.0. The molecule has 0 N–H and O–H groups in total. The van der Waals surface area contributed by atoms with E-state index in [0.717, 1.165) is 5.69 Å². The molecule has 0 aliphatic carbocycles. The van der Waals surface area contributed by atoms with E-state index < -0.39 is 5.97 Å². The lowest BCUT2D eigenvalue weighted by molar-refractivity contribution is 0.0590. The Morgan fingerprint density at radius 2 is 2.00 bits per heavy atom. The van der Waals surface area contributed by atoms with Gasteiger partial charge in [-0.2, -0.15) is 5.10 Å². The summed E-state index contributed by atoms with van der Waals surface area (Å²) >= 11 is 12.1. The number of carbonyl (C=O) groups is 1. The molecular weight excluding hydrogens is 325 g/mol. The van der Waals surface area contributed by atoms with Crippen molar-refractivity contribution in [2.75, 3.05) is 7.11 Å². The molecule has 22 heavy (non-hydrogen) atoms. The van der Waals surface area contributed by atoms with E-state index >= 15 is 0 Å². The highest BCUT2D eigenvalue weighted by atomic mass is 35.5. The van der Waals surface area contributed by atoms with Crippen LogP contribution in [0.15, 0.2) is 30.3 Å². The van der Waals surface area contributed by atoms with Crippen molar-refractivity contribution in [2.24, 2.45) is 0 Å². The molecular formula is C15H11Cl2N3O2. The Morgan fingerprint density at radius 3 is 2.68 bits per heavy atom. The van der Waals surface area contributed by atoms with Gasteiger partial charge in [-0.05, 0) is 31.2 Å². The van der Waals surface area contributed by atoms with E-state index in [9.17, 15) is 4.79 Å². The Kier molecular flexibility index (Phi) is 3.76. The predicted molar refractivity (Wildman–Crippen MR) is 84.5 cm³/mol. The number of halogens is 2. The van der Waals surface area contributed by atoms with Crippen LogP contribution in [-0.2, 0) is 4.74 Å². The van der Waals surface area contributed by atoms with Gasteiger partial charge in [-0.25, -0.2) is 14.3 Å². The van der Waals surface area contributed by atoms with Crippen LogP contribution in [0.5, 0.6) is 0 Å². The zero-order chi connectivity index (χ0) is 15.9. The number of fused-ring (bicyclic) bond motifs is 1. The number of hydrogen-bond donors (Lipinski definition) is 0. The number of aryl methyl sites for hydroxylation is 1. The van der Waals surface area contributed by atoms with Crippen molar-refractivity contribution < 1.29 is 9.53 Å². The molecule has 0 atom stereocenters. The van der Waals surface area contributed by atoms with Gasteiger partial charge in [-0.1, -0.05) is 23.2 Å². The van der Waals surface area contributed by atoms with E-state index in [1.54, 1.807) is 30.3 Å². The standard InChI is InChI=1S/C15H11Cl2N3O2/c1-8-5-14-18-12(10-4-3-9(16)6-11(10)17)7-13(15(21)22-2)20(14)19-8/h3-7H,1-2H3. The van der Waals surface area contributed by atoms with Gasteiger partial charge in [0.05, 0.1) is 23.5 Å². The molecule has 0 aliphatic heterocycles. The Morgan fingerprint density at radius 1 is 1.23 bits per heavy atom. The van der Waals surface area contributed by atoms with Crippen LogP contribution in [0.25, 0.3) is 16.9 Å². The third-order valence-electron chi connectivity index (χ3n) is 3.15. The molecule has 0 saturated carbocycles. The predicted octanol–water partition coefficient (Wildman–Crippen LogP) is 3.80. The van der Waals surface area contributed by atoms with Crippen LogP contribution in [0, 0.1) is 6.92 Å². The minimum Gasteiger partial charge on any atom is -0.464 e. The third-order valence-corrected chi connectivity index (χ3v) is 3.70. The summed E-state index contributed by atoms with van der Waals surface area (Å²) in [5, 5.41) is 5.24. The van der Waals surface area contributed by atoms with E-state index in [1.807, 2.05) is 6.92 Å². The lowest BCUT2D eigenvalue weighted by Gasteiger charge is -2.08. The van der Waals surface area contributed by atoms with Crippen LogP contribution in [0.1, 0.15) is 16.2 Å². The fourth-order valence-corrected chi connectivity index (χ4v) is 2.68. The summed E-state index contributed by atoms with van der Waals surface area (Å²) in [5.74, 6) is -0.498. The van der Waals surface area contributed by atoms with E-state index in [1.165, 1.54) is 11.6 Å². The number of nitrogens with zero attached hydrogens (tertiary/aromatic N) is 3. The summed E-state index contributed by atoms with van der Waals surface area (Å²) in [6.07, 6.45) is 0. The monoisotopic (exact) mass is 335 g/mol. The highest BCUT2D eigenvalue weighted by molar-refractivity contribution is 6.36. The summed E-state index contributed by atoms with van der Waals surface area (Å²) < 4.78 is 6.27. The average molecular weight is 336 g/mol. The number of benzene rings is 1. The summed E-state index contributed by atoms with van der Waals surface area (Å²) in [5.41, 5.74) is 2.80. The molecule has 2 heterocycles. The SMILES string of the molecule is COC(=O)c1cc(-c2ccc(Cl)cc2Cl)nc2cc(C)nn12. The fraction of sp³-hybridized carbons (Fsp3) is 0.133. The van der Waals surface area contributed by atoms with Crippen LogP contribution in [-0.4, -0.2) is 27.7 Å². The molecule has 7 heteroatoms. The molecule has 0 spiro atoms. The maximum absolute atomic E-state index is 12.0. The van der Waals surface area contributed by atoms with Crippen molar-refractivity contribution in [1.82, 2.24) is 14.6 Å². The normalized spacial score (nSPS) is 10.9. The number of aromatic nitrogens is 3. The molecule has 3 aromatic rings. The minimum atomic E-state index is -0.498. The van der Waals surface area contributed by atoms with Crippen molar-refractivity contribution in [2.45, 2.75) is 6.92 Å². The first kappa shape index (κ1) is 14.8. The molecule has 0 bridgehead atoms. The molecule has 0 unspecified atom stereocenters. The Hall–Kier alpha value is -2.11. The fourth-order valence-electron chi connectivity index (χ4n) is 2.17. The van der Waals surface area contributed by atoms with Crippen molar-refractivity contribution in [1.29, 1.82) is 0 Å². The van der Waals surface area contributed by atoms with E-state index in [0.29, 0.717) is 26.9 Å². The van der Waals surface area contributed by atoms with Crippen molar-refractivity contribution in [3.05, 3.63) is 51.8 Å². The molecule has 112 valence electrons. The second-order valence-corrected chi connectivity index (χ2v) is 5.54. The lowest BCUT2D eigenvalue weighted by atomic mass is 10.1. The zero-order valence-corrected chi connectivity index (χ0v) is 13.3. The first-order chi connectivity index (χ1) is 10.5. The Bertz CT molecular complexity index is 890. The molecule has 5 nitrogen and oxygen atoms in total. The van der Waals surface area contributed by atoms with Gasteiger partial charge in [0, 0.05) is 16.7 Å². The molecule has 1 aromatic carbocycles. The smallest absolute Gasteiger partial charge is 0.356 e. The van der Waals surface area contributed by atoms with Gasteiger partial charge in [0.15, 0.2) is 11.3 Å². The summed E-state index contributed by atoms with van der Waals surface area (Å²) in [6.45, 7) is 1.82. The average Bonchev–Trinajstić information content (AvgIpc) is 2.85. The lowest BCUT2D eigenvalue weighted by Crippen LogP contribution is -2.10. The molecule has 2 aromatic heterocycles. The van der Waals surface area contributed by atoms with Crippen LogP contribution in [0.3, 0.4) is 0 Å². The van der Waals surface area contributed by atoms with E-state index in [-0.39, 0.29) is 5.69 Å². The van der Waals surface area contributed by atoms with E-state index in [2.05, 4.69) is 10.1 Å². The van der Waals surface area contributed by atoms with Gasteiger partial charge in [0.25, 0.3) is 0 Å². The largest absolute Gasteiger partial charge is 0.464 e. The summed E-state index contributed by atoms with van der Waals surface area (Å²) in [4.78, 5) is 16.5. The molecule has 0 fully saturated rings. The number of ether oxygens (including phenoxy) is 1. The van der Waals surface area contributed by atoms with Gasteiger partial charge in [0.2, 0.25) is 0 Å². The Labute approximate surface area is 136 Å². The number of carbonyl (C=O) groups excluding carboxylic acids is 1. The van der Waals surface area contributed by atoms with Gasteiger partial charge in [-0.15, -0.1) is 0 Å². The van der Waals surface area contributed by atoms with Crippen molar-refractivity contribution >= 4 is 34.8 Å². The summed E-state index contributed by atoms with van der Waals surface area (Å²) in [7, 11) is 1.32. The number of hydrogen-bond acceptors (Lipinski definition) is 4. The number of esters is 1. The molecule has 0 radical (unpaired) electrons. The minimum absolute atomic E-state index is 0.279. The van der Waals surface area contributed by atoms with E-state index in [4.69, 9.17) is 27.9 Å². The zero-order valence-electron chi connectivity index (χ0n) is 11.8. The number of rotatable bonds is 2. The quantitative estimate of drug-likeness (QED) is 0.668. The van der Waals surface area contributed by atoms with Crippen molar-refractivity contribution in [3.8, 4) is 11.3 Å². The van der Waals surface area contributed by atoms with Crippen molar-refractivity contribution in [3.63, 3.8) is 0 Å². The highest BCUT2D eigenvalue weighted by Gasteiger charge is 2.17. The van der Waals surface area contributed by atoms with Gasteiger partial charge in [0.1, 0.15) is 0 Å². The van der Waals surface area contributed by atoms with Crippen LogP contribution in [0.2, 0.25) is 10.0 Å². The topological polar surface area (TPSA) is 56.5 Å². The second-order valence-electron chi connectivity index (χ2n) is 4.70. The number of methoxy groups -OCH3 is 1. The molecule has 0 saturated heterocycles. The highest BCUT2D eigenvalue weighted by Crippen LogP contribution is 2.30. The summed E-state index contributed by atoms with van der Waals surface area (Å²) in [6, 6.07) is 8.48. The van der Waals surface area contributed by atoms with Gasteiger partial charge in [-0.3, -0.25) is 0 Å². The van der Waals surface area contributed by atoms with Gasteiger partial charge >= 0.3 is 5.97 Å². The molecule has 0 amide bonds. The van der Waals surface area contributed by atoms with Crippen LogP contribution < -0.4 is 0 Å². The third kappa shape index (κ3) is 2.53. The Balaban J connectivity index is 2.28. The second kappa shape index (κ2) is 5.59. The molecule has 3 rings (SSSR count). The maximum Gasteiger partial charge on any atom is 0.356 e. The first-order valence-corrected chi connectivity index (χ1v) is 7.16.